The van der Waals surface area contributed by atoms with Gasteiger partial charge in [-0.05, 0) is 31.9 Å². The van der Waals surface area contributed by atoms with E-state index in [2.05, 4.69) is 15.1 Å². The van der Waals surface area contributed by atoms with Crippen LogP contribution in [0, 0.1) is 0 Å². The number of anilines is 1. The molecule has 6 nitrogen and oxygen atoms in total. The normalized spacial score (nSPS) is 21.5. The summed E-state index contributed by atoms with van der Waals surface area (Å²) >= 11 is 1.45. The molecule has 0 radical (unpaired) electrons. The third kappa shape index (κ3) is 3.79. The number of rotatable bonds is 5. The number of carbonyl (C=O) groups is 2. The number of piperazine rings is 1. The highest BCUT2D eigenvalue weighted by molar-refractivity contribution is 7.16. The maximum Gasteiger partial charge on any atom is 0.340 e. The summed E-state index contributed by atoms with van der Waals surface area (Å²) < 4.78 is 4.81. The number of aryl methyl sites for hydroxylation is 1. The Labute approximate surface area is 146 Å². The predicted octanol–water partition coefficient (Wildman–Crippen LogP) is 1.82. The Morgan fingerprint density at radius 3 is 2.96 bits per heavy atom. The van der Waals surface area contributed by atoms with E-state index in [1.54, 1.807) is 0 Å². The van der Waals surface area contributed by atoms with E-state index in [-0.39, 0.29) is 5.91 Å². The molecule has 1 N–H and O–H groups in total. The number of ether oxygens (including phenoxy) is 1. The number of nitrogens with one attached hydrogen (secondary N) is 1. The first-order valence-electron chi connectivity index (χ1n) is 8.58. The van der Waals surface area contributed by atoms with Crippen molar-refractivity contribution < 1.29 is 14.3 Å². The highest BCUT2D eigenvalue weighted by Gasteiger charge is 2.31. The van der Waals surface area contributed by atoms with Gasteiger partial charge in [0.15, 0.2) is 0 Å². The lowest BCUT2D eigenvalue weighted by Crippen LogP contribution is -2.51. The van der Waals surface area contributed by atoms with Gasteiger partial charge in [-0.15, -0.1) is 11.3 Å². The third-order valence-electron chi connectivity index (χ3n) is 4.83. The van der Waals surface area contributed by atoms with E-state index < -0.39 is 5.97 Å². The standard InChI is InChI=1S/C17H25N3O3S/c1-3-13-9-14(17(22)23-2)16(24-13)18-15(21)11-19-7-8-20-6-4-5-12(20)10-19/h9,12H,3-8,10-11H2,1-2H3,(H,18,21). The molecule has 132 valence electrons. The molecule has 1 atom stereocenters. The minimum absolute atomic E-state index is 0.0592. The molecule has 2 fully saturated rings. The minimum atomic E-state index is -0.402. The Balaban J connectivity index is 1.60. The molecule has 0 bridgehead atoms. The van der Waals surface area contributed by atoms with Crippen LogP contribution in [0.1, 0.15) is 35.0 Å². The summed E-state index contributed by atoms with van der Waals surface area (Å²) in [5, 5.41) is 3.51. The summed E-state index contributed by atoms with van der Waals surface area (Å²) in [5.41, 5.74) is 0.452. The van der Waals surface area contributed by atoms with Crippen molar-refractivity contribution in [2.24, 2.45) is 0 Å². The SMILES string of the molecule is CCc1cc(C(=O)OC)c(NC(=O)CN2CCN3CCCC3C2)s1. The lowest BCUT2D eigenvalue weighted by Gasteiger charge is -2.37. The minimum Gasteiger partial charge on any atom is -0.465 e. The van der Waals surface area contributed by atoms with E-state index in [9.17, 15) is 9.59 Å². The number of esters is 1. The lowest BCUT2D eigenvalue weighted by atomic mass is 10.1. The largest absolute Gasteiger partial charge is 0.465 e. The van der Waals surface area contributed by atoms with Crippen molar-refractivity contribution in [1.29, 1.82) is 0 Å². The lowest BCUT2D eigenvalue weighted by molar-refractivity contribution is -0.117. The van der Waals surface area contributed by atoms with E-state index in [1.807, 2.05) is 13.0 Å². The number of amides is 1. The van der Waals surface area contributed by atoms with Crippen molar-refractivity contribution in [3.05, 3.63) is 16.5 Å². The van der Waals surface area contributed by atoms with Gasteiger partial charge in [0.05, 0.1) is 19.2 Å². The highest BCUT2D eigenvalue weighted by atomic mass is 32.1. The fourth-order valence-corrected chi connectivity index (χ4v) is 4.54. The van der Waals surface area contributed by atoms with Crippen LogP contribution >= 0.6 is 11.3 Å². The fraction of sp³-hybridized carbons (Fsp3) is 0.647. The van der Waals surface area contributed by atoms with E-state index >= 15 is 0 Å². The molecule has 2 saturated heterocycles. The second-order valence-electron chi connectivity index (χ2n) is 6.42. The number of hydrogen-bond donors (Lipinski definition) is 1. The van der Waals surface area contributed by atoms with Crippen LogP contribution in [0.25, 0.3) is 0 Å². The molecule has 2 aliphatic rings. The Bertz CT molecular complexity index is 616. The molecule has 0 aromatic carbocycles. The van der Waals surface area contributed by atoms with Gasteiger partial charge in [0, 0.05) is 30.6 Å². The quantitative estimate of drug-likeness (QED) is 0.820. The van der Waals surface area contributed by atoms with Gasteiger partial charge in [-0.1, -0.05) is 6.92 Å². The van der Waals surface area contributed by atoms with Crippen LogP contribution in [0.15, 0.2) is 6.07 Å². The van der Waals surface area contributed by atoms with Gasteiger partial charge in [0.25, 0.3) is 0 Å². The van der Waals surface area contributed by atoms with Crippen molar-refractivity contribution in [2.75, 3.05) is 45.2 Å². The van der Waals surface area contributed by atoms with Crippen LogP contribution in [0.5, 0.6) is 0 Å². The second-order valence-corrected chi connectivity index (χ2v) is 7.55. The molecule has 0 spiro atoms. The van der Waals surface area contributed by atoms with Crippen molar-refractivity contribution in [1.82, 2.24) is 9.80 Å². The van der Waals surface area contributed by atoms with Crippen LogP contribution in [0.3, 0.4) is 0 Å². The molecule has 2 aliphatic heterocycles. The Morgan fingerprint density at radius 2 is 2.21 bits per heavy atom. The van der Waals surface area contributed by atoms with E-state index in [4.69, 9.17) is 4.74 Å². The molecule has 0 aliphatic carbocycles. The summed E-state index contributed by atoms with van der Waals surface area (Å²) in [6, 6.07) is 2.41. The van der Waals surface area contributed by atoms with Crippen LogP contribution in [-0.4, -0.2) is 67.6 Å². The number of fused-ring (bicyclic) bond motifs is 1. The number of methoxy groups -OCH3 is 1. The number of nitrogens with zero attached hydrogens (tertiary/aromatic N) is 2. The number of carbonyl (C=O) groups excluding carboxylic acids is 2. The summed E-state index contributed by atoms with van der Waals surface area (Å²) in [7, 11) is 1.36. The van der Waals surface area contributed by atoms with Gasteiger partial charge in [0.1, 0.15) is 5.00 Å². The number of thiophene rings is 1. The van der Waals surface area contributed by atoms with E-state index in [1.165, 1.54) is 37.8 Å². The van der Waals surface area contributed by atoms with Gasteiger partial charge in [0.2, 0.25) is 5.91 Å². The van der Waals surface area contributed by atoms with Crippen LogP contribution in [0.2, 0.25) is 0 Å². The first kappa shape index (κ1) is 17.4. The maximum absolute atomic E-state index is 12.4. The van der Waals surface area contributed by atoms with E-state index in [0.29, 0.717) is 23.2 Å². The monoisotopic (exact) mass is 351 g/mol. The summed E-state index contributed by atoms with van der Waals surface area (Å²) in [5.74, 6) is -0.461. The van der Waals surface area contributed by atoms with Gasteiger partial charge in [-0.2, -0.15) is 0 Å². The van der Waals surface area contributed by atoms with Crippen LogP contribution in [-0.2, 0) is 16.0 Å². The average molecular weight is 351 g/mol. The summed E-state index contributed by atoms with van der Waals surface area (Å²) in [4.78, 5) is 30.1. The average Bonchev–Trinajstić information content (AvgIpc) is 3.20. The Kier molecular flexibility index (Phi) is 5.53. The second kappa shape index (κ2) is 7.63. The van der Waals surface area contributed by atoms with Gasteiger partial charge >= 0.3 is 5.97 Å². The van der Waals surface area contributed by atoms with Crippen molar-refractivity contribution in [2.45, 2.75) is 32.2 Å². The fourth-order valence-electron chi connectivity index (χ4n) is 3.54. The molecule has 1 unspecified atom stereocenters. The van der Waals surface area contributed by atoms with Crippen LogP contribution in [0.4, 0.5) is 5.00 Å². The highest BCUT2D eigenvalue weighted by Crippen LogP contribution is 2.29. The van der Waals surface area contributed by atoms with Gasteiger partial charge < -0.3 is 10.1 Å². The zero-order valence-corrected chi connectivity index (χ0v) is 15.2. The van der Waals surface area contributed by atoms with Gasteiger partial charge in [-0.3, -0.25) is 14.6 Å². The van der Waals surface area contributed by atoms with Gasteiger partial charge in [-0.25, -0.2) is 4.79 Å². The summed E-state index contributed by atoms with van der Waals surface area (Å²) in [6.45, 7) is 6.54. The Hall–Kier alpha value is -1.44. The molecule has 0 saturated carbocycles. The molecule has 7 heteroatoms. The topological polar surface area (TPSA) is 61.9 Å². The van der Waals surface area contributed by atoms with Crippen molar-refractivity contribution >= 4 is 28.2 Å². The third-order valence-corrected chi connectivity index (χ3v) is 6.02. The molecule has 3 heterocycles. The first-order valence-corrected chi connectivity index (χ1v) is 9.39. The van der Waals surface area contributed by atoms with Crippen molar-refractivity contribution in [3.63, 3.8) is 0 Å². The Morgan fingerprint density at radius 1 is 1.38 bits per heavy atom. The summed E-state index contributed by atoms with van der Waals surface area (Å²) in [6.07, 6.45) is 3.33. The molecule has 1 amide bonds. The molecular weight excluding hydrogens is 326 g/mol. The number of hydrogen-bond acceptors (Lipinski definition) is 6. The predicted molar refractivity (Wildman–Crippen MR) is 94.7 cm³/mol. The molecular formula is C17H25N3O3S. The van der Waals surface area contributed by atoms with Crippen LogP contribution < -0.4 is 5.32 Å². The molecule has 3 rings (SSSR count). The van der Waals surface area contributed by atoms with Crippen molar-refractivity contribution in [3.8, 4) is 0 Å². The molecule has 24 heavy (non-hydrogen) atoms. The first-order chi connectivity index (χ1) is 11.6. The van der Waals surface area contributed by atoms with E-state index in [0.717, 1.165) is 30.9 Å². The zero-order chi connectivity index (χ0) is 17.1. The maximum atomic E-state index is 12.4. The molecule has 1 aromatic rings. The zero-order valence-electron chi connectivity index (χ0n) is 14.3. The smallest absolute Gasteiger partial charge is 0.340 e. The molecule has 1 aromatic heterocycles.